The lowest BCUT2D eigenvalue weighted by Crippen LogP contribution is -2.11. The second-order valence-electron chi connectivity index (χ2n) is 7.05. The molecule has 0 atom stereocenters. The molecule has 6 nitrogen and oxygen atoms in total. The lowest BCUT2D eigenvalue weighted by molar-refractivity contribution is 0.828. The van der Waals surface area contributed by atoms with Crippen molar-refractivity contribution in [3.63, 3.8) is 0 Å². The Labute approximate surface area is 170 Å². The second-order valence-corrected chi connectivity index (χ2v) is 9.20. The SMILES string of the molecule is Cc1sc2nc(CSc3nnc(C4CC4)n3-c3ccccc3)[nH]c(=O)c2c1C. The second kappa shape index (κ2) is 6.86. The maximum absolute atomic E-state index is 12.5. The zero-order valence-electron chi connectivity index (χ0n) is 15.6. The third-order valence-corrected chi connectivity index (χ3v) is 7.08. The first-order valence-electron chi connectivity index (χ1n) is 9.24. The molecular formula is C20H19N5OS2. The zero-order chi connectivity index (χ0) is 19.3. The molecule has 0 aliphatic heterocycles. The summed E-state index contributed by atoms with van der Waals surface area (Å²) in [6, 6.07) is 10.2. The number of rotatable bonds is 5. The van der Waals surface area contributed by atoms with Crippen LogP contribution in [-0.4, -0.2) is 24.7 Å². The van der Waals surface area contributed by atoms with Crippen molar-refractivity contribution in [2.45, 2.75) is 43.5 Å². The number of aromatic nitrogens is 5. The molecule has 3 heterocycles. The first kappa shape index (κ1) is 17.6. The predicted octanol–water partition coefficient (Wildman–Crippen LogP) is 4.35. The highest BCUT2D eigenvalue weighted by atomic mass is 32.2. The van der Waals surface area contributed by atoms with Gasteiger partial charge in [0.25, 0.3) is 5.56 Å². The van der Waals surface area contributed by atoms with Crippen LogP contribution in [0.1, 0.15) is 40.8 Å². The monoisotopic (exact) mass is 409 g/mol. The van der Waals surface area contributed by atoms with Crippen LogP contribution in [0.25, 0.3) is 15.9 Å². The summed E-state index contributed by atoms with van der Waals surface area (Å²) in [5.74, 6) is 2.72. The fraction of sp³-hybridized carbons (Fsp3) is 0.300. The molecule has 0 radical (unpaired) electrons. The molecule has 0 unspecified atom stereocenters. The van der Waals surface area contributed by atoms with Crippen LogP contribution in [0.4, 0.5) is 0 Å². The van der Waals surface area contributed by atoms with Crippen molar-refractivity contribution in [1.82, 2.24) is 24.7 Å². The molecule has 5 rings (SSSR count). The summed E-state index contributed by atoms with van der Waals surface area (Å²) in [7, 11) is 0. The van der Waals surface area contributed by atoms with Crippen LogP contribution in [0.5, 0.6) is 0 Å². The largest absolute Gasteiger partial charge is 0.309 e. The van der Waals surface area contributed by atoms with Gasteiger partial charge in [0.2, 0.25) is 0 Å². The van der Waals surface area contributed by atoms with Gasteiger partial charge >= 0.3 is 0 Å². The Bertz CT molecular complexity index is 1220. The molecule has 1 aromatic carbocycles. The summed E-state index contributed by atoms with van der Waals surface area (Å²) in [6.07, 6.45) is 2.33. The van der Waals surface area contributed by atoms with Crippen molar-refractivity contribution in [2.24, 2.45) is 0 Å². The molecule has 1 aliphatic rings. The quantitative estimate of drug-likeness (QED) is 0.496. The number of nitrogens with one attached hydrogen (secondary N) is 1. The van der Waals surface area contributed by atoms with Crippen LogP contribution < -0.4 is 5.56 Å². The van der Waals surface area contributed by atoms with Gasteiger partial charge in [-0.1, -0.05) is 30.0 Å². The van der Waals surface area contributed by atoms with Crippen molar-refractivity contribution in [2.75, 3.05) is 0 Å². The van der Waals surface area contributed by atoms with E-state index in [2.05, 4.69) is 36.9 Å². The Morgan fingerprint density at radius 2 is 2.00 bits per heavy atom. The number of fused-ring (bicyclic) bond motifs is 1. The van der Waals surface area contributed by atoms with E-state index in [4.69, 9.17) is 0 Å². The molecule has 8 heteroatoms. The number of aryl methyl sites for hydroxylation is 2. The van der Waals surface area contributed by atoms with E-state index in [-0.39, 0.29) is 5.56 Å². The summed E-state index contributed by atoms with van der Waals surface area (Å²) in [4.78, 5) is 22.1. The van der Waals surface area contributed by atoms with Gasteiger partial charge in [0.1, 0.15) is 16.5 Å². The van der Waals surface area contributed by atoms with Gasteiger partial charge in [-0.25, -0.2) is 4.98 Å². The third-order valence-electron chi connectivity index (χ3n) is 5.04. The van der Waals surface area contributed by atoms with Gasteiger partial charge in [0.15, 0.2) is 5.16 Å². The topological polar surface area (TPSA) is 76.5 Å². The number of hydrogen-bond acceptors (Lipinski definition) is 6. The van der Waals surface area contributed by atoms with Gasteiger partial charge in [0, 0.05) is 16.5 Å². The summed E-state index contributed by atoms with van der Waals surface area (Å²) in [5.41, 5.74) is 2.02. The fourth-order valence-corrected chi connectivity index (χ4v) is 5.18. The summed E-state index contributed by atoms with van der Waals surface area (Å²) in [5, 5.41) is 10.4. The number of para-hydroxylation sites is 1. The molecule has 3 aromatic heterocycles. The standard InChI is InChI=1S/C20H19N5OS2/c1-11-12(2)28-19-16(11)18(26)21-15(22-19)10-27-20-24-23-17(13-8-9-13)25(20)14-6-4-3-5-7-14/h3-7,13H,8-10H2,1-2H3,(H,21,22,26). The summed E-state index contributed by atoms with van der Waals surface area (Å²) >= 11 is 3.12. The van der Waals surface area contributed by atoms with Crippen LogP contribution in [0.3, 0.4) is 0 Å². The molecule has 1 fully saturated rings. The van der Waals surface area contributed by atoms with Gasteiger partial charge in [-0.05, 0) is 44.4 Å². The van der Waals surface area contributed by atoms with E-state index in [0.717, 1.165) is 44.8 Å². The highest BCUT2D eigenvalue weighted by Crippen LogP contribution is 2.41. The van der Waals surface area contributed by atoms with Crippen LogP contribution in [-0.2, 0) is 5.75 Å². The maximum atomic E-state index is 12.5. The molecule has 1 saturated carbocycles. The Morgan fingerprint density at radius 1 is 1.21 bits per heavy atom. The summed E-state index contributed by atoms with van der Waals surface area (Å²) in [6.45, 7) is 4.00. The smallest absolute Gasteiger partial charge is 0.259 e. The van der Waals surface area contributed by atoms with Crippen LogP contribution >= 0.6 is 23.1 Å². The lowest BCUT2D eigenvalue weighted by atomic mass is 10.2. The molecule has 0 saturated heterocycles. The van der Waals surface area contributed by atoms with Crippen molar-refractivity contribution < 1.29 is 0 Å². The molecule has 0 spiro atoms. The molecule has 0 bridgehead atoms. The van der Waals surface area contributed by atoms with Gasteiger partial charge in [0.05, 0.1) is 11.1 Å². The van der Waals surface area contributed by atoms with Gasteiger partial charge in [-0.3, -0.25) is 9.36 Å². The van der Waals surface area contributed by atoms with Gasteiger partial charge in [-0.15, -0.1) is 21.5 Å². The number of H-pyrrole nitrogens is 1. The highest BCUT2D eigenvalue weighted by Gasteiger charge is 2.31. The molecule has 28 heavy (non-hydrogen) atoms. The van der Waals surface area contributed by atoms with E-state index in [1.807, 2.05) is 32.0 Å². The fourth-order valence-electron chi connectivity index (χ4n) is 3.30. The van der Waals surface area contributed by atoms with E-state index in [1.165, 1.54) is 0 Å². The van der Waals surface area contributed by atoms with Gasteiger partial charge in [-0.2, -0.15) is 0 Å². The van der Waals surface area contributed by atoms with Gasteiger partial charge < -0.3 is 4.98 Å². The van der Waals surface area contributed by atoms with E-state index in [1.54, 1.807) is 23.1 Å². The lowest BCUT2D eigenvalue weighted by Gasteiger charge is -2.09. The van der Waals surface area contributed by atoms with E-state index in [9.17, 15) is 4.79 Å². The first-order valence-corrected chi connectivity index (χ1v) is 11.0. The predicted molar refractivity (Wildman–Crippen MR) is 113 cm³/mol. The highest BCUT2D eigenvalue weighted by molar-refractivity contribution is 7.98. The molecule has 1 aliphatic carbocycles. The molecule has 0 amide bonds. The number of hydrogen-bond donors (Lipinski definition) is 1. The minimum Gasteiger partial charge on any atom is -0.309 e. The van der Waals surface area contributed by atoms with Crippen molar-refractivity contribution in [3.05, 3.63) is 62.8 Å². The minimum atomic E-state index is -0.0642. The first-order chi connectivity index (χ1) is 13.6. The number of aromatic amines is 1. The normalized spacial score (nSPS) is 14.1. The number of nitrogens with zero attached hydrogens (tertiary/aromatic N) is 4. The number of benzene rings is 1. The maximum Gasteiger partial charge on any atom is 0.259 e. The third kappa shape index (κ3) is 3.06. The minimum absolute atomic E-state index is 0.0642. The number of thioether (sulfide) groups is 1. The number of thiophene rings is 1. The Hall–Kier alpha value is -2.45. The van der Waals surface area contributed by atoms with Crippen LogP contribution in [0.15, 0.2) is 40.3 Å². The van der Waals surface area contributed by atoms with E-state index < -0.39 is 0 Å². The van der Waals surface area contributed by atoms with Crippen molar-refractivity contribution >= 4 is 33.3 Å². The Balaban J connectivity index is 1.48. The summed E-state index contributed by atoms with van der Waals surface area (Å²) < 4.78 is 2.14. The van der Waals surface area contributed by atoms with E-state index in [0.29, 0.717) is 22.9 Å². The zero-order valence-corrected chi connectivity index (χ0v) is 17.2. The molecule has 1 N–H and O–H groups in total. The van der Waals surface area contributed by atoms with Crippen molar-refractivity contribution in [1.29, 1.82) is 0 Å². The van der Waals surface area contributed by atoms with Crippen LogP contribution in [0, 0.1) is 13.8 Å². The van der Waals surface area contributed by atoms with Crippen LogP contribution in [0.2, 0.25) is 0 Å². The Morgan fingerprint density at radius 3 is 2.75 bits per heavy atom. The molecular weight excluding hydrogens is 390 g/mol. The average Bonchev–Trinajstić information content (AvgIpc) is 3.38. The van der Waals surface area contributed by atoms with Crippen molar-refractivity contribution in [3.8, 4) is 5.69 Å². The average molecular weight is 410 g/mol. The molecule has 4 aromatic rings. The Kier molecular flexibility index (Phi) is 4.32. The van der Waals surface area contributed by atoms with E-state index >= 15 is 0 Å². The molecule has 142 valence electrons.